The molecule has 0 bridgehead atoms. The highest BCUT2D eigenvalue weighted by molar-refractivity contribution is 9.10. The van der Waals surface area contributed by atoms with Crippen LogP contribution in [-0.4, -0.2) is 6.54 Å². The van der Waals surface area contributed by atoms with E-state index in [0.29, 0.717) is 17.0 Å². The van der Waals surface area contributed by atoms with Crippen molar-refractivity contribution in [2.45, 2.75) is 25.8 Å². The lowest BCUT2D eigenvalue weighted by Crippen LogP contribution is -2.24. The molecule has 1 unspecified atom stereocenters. The molecule has 0 aliphatic carbocycles. The van der Waals surface area contributed by atoms with E-state index in [1.165, 1.54) is 6.07 Å². The number of rotatable bonds is 6. The van der Waals surface area contributed by atoms with Crippen molar-refractivity contribution in [2.75, 3.05) is 6.54 Å². The summed E-state index contributed by atoms with van der Waals surface area (Å²) in [5.74, 6) is -0.172. The Morgan fingerprint density at radius 3 is 2.67 bits per heavy atom. The van der Waals surface area contributed by atoms with Crippen LogP contribution in [0.15, 0.2) is 46.9 Å². The zero-order valence-corrected chi connectivity index (χ0v) is 14.2. The summed E-state index contributed by atoms with van der Waals surface area (Å²) in [6.07, 6.45) is 1.59. The van der Waals surface area contributed by atoms with Crippen LogP contribution in [0.5, 0.6) is 0 Å². The zero-order valence-electron chi connectivity index (χ0n) is 11.9. The zero-order chi connectivity index (χ0) is 15.2. The molecule has 0 heterocycles. The molecule has 112 valence electrons. The molecular formula is C17H18BrClFN. The monoisotopic (exact) mass is 369 g/mol. The lowest BCUT2D eigenvalue weighted by atomic mass is 9.98. The van der Waals surface area contributed by atoms with Gasteiger partial charge in [-0.1, -0.05) is 58.7 Å². The number of nitrogens with one attached hydrogen (secondary N) is 1. The standard InChI is InChI=1S/C17H18BrClFN/c1-2-9-21-17(10-12-5-3-4-6-16(12)20)14-8-7-13(18)11-15(14)19/h3-8,11,17,21H,2,9-10H2,1H3. The van der Waals surface area contributed by atoms with E-state index in [-0.39, 0.29) is 11.9 Å². The Balaban J connectivity index is 2.27. The summed E-state index contributed by atoms with van der Waals surface area (Å²) in [4.78, 5) is 0. The minimum absolute atomic E-state index is 0.00227. The second-order valence-electron chi connectivity index (χ2n) is 4.97. The summed E-state index contributed by atoms with van der Waals surface area (Å²) < 4.78 is 14.8. The normalized spacial score (nSPS) is 12.4. The van der Waals surface area contributed by atoms with Crippen LogP contribution >= 0.6 is 27.5 Å². The van der Waals surface area contributed by atoms with Gasteiger partial charge in [0.05, 0.1) is 0 Å². The van der Waals surface area contributed by atoms with Crippen LogP contribution in [0, 0.1) is 5.82 Å². The molecule has 0 aromatic heterocycles. The fourth-order valence-corrected chi connectivity index (χ4v) is 3.08. The predicted molar refractivity (Wildman–Crippen MR) is 90.3 cm³/mol. The highest BCUT2D eigenvalue weighted by atomic mass is 79.9. The summed E-state index contributed by atoms with van der Waals surface area (Å²) in [6, 6.07) is 12.7. The van der Waals surface area contributed by atoms with Gasteiger partial charge in [0.15, 0.2) is 0 Å². The molecule has 0 fully saturated rings. The van der Waals surface area contributed by atoms with Crippen molar-refractivity contribution in [2.24, 2.45) is 0 Å². The van der Waals surface area contributed by atoms with Gasteiger partial charge in [-0.05, 0) is 48.7 Å². The average Bonchev–Trinajstić information content (AvgIpc) is 2.46. The highest BCUT2D eigenvalue weighted by Crippen LogP contribution is 2.29. The minimum atomic E-state index is -0.172. The average molecular weight is 371 g/mol. The van der Waals surface area contributed by atoms with Gasteiger partial charge in [0.2, 0.25) is 0 Å². The first-order valence-electron chi connectivity index (χ1n) is 7.03. The summed E-state index contributed by atoms with van der Waals surface area (Å²) in [6.45, 7) is 2.97. The smallest absolute Gasteiger partial charge is 0.126 e. The highest BCUT2D eigenvalue weighted by Gasteiger charge is 2.16. The fourth-order valence-electron chi connectivity index (χ4n) is 2.28. The van der Waals surface area contributed by atoms with Crippen molar-refractivity contribution in [3.63, 3.8) is 0 Å². The quantitative estimate of drug-likeness (QED) is 0.705. The van der Waals surface area contributed by atoms with Crippen LogP contribution in [0.2, 0.25) is 5.02 Å². The van der Waals surface area contributed by atoms with E-state index in [4.69, 9.17) is 11.6 Å². The van der Waals surface area contributed by atoms with Crippen molar-refractivity contribution < 1.29 is 4.39 Å². The molecule has 0 amide bonds. The van der Waals surface area contributed by atoms with Crippen LogP contribution in [-0.2, 0) is 6.42 Å². The van der Waals surface area contributed by atoms with Crippen molar-refractivity contribution in [1.29, 1.82) is 0 Å². The Bertz CT molecular complexity index is 603. The van der Waals surface area contributed by atoms with Gasteiger partial charge in [-0.2, -0.15) is 0 Å². The molecular weight excluding hydrogens is 353 g/mol. The molecule has 1 N–H and O–H groups in total. The Morgan fingerprint density at radius 2 is 2.00 bits per heavy atom. The lowest BCUT2D eigenvalue weighted by molar-refractivity contribution is 0.513. The molecule has 2 aromatic rings. The summed E-state index contributed by atoms with van der Waals surface area (Å²) in [5.41, 5.74) is 1.70. The Hall–Kier alpha value is -0.900. The Morgan fingerprint density at radius 1 is 1.24 bits per heavy atom. The van der Waals surface area contributed by atoms with E-state index < -0.39 is 0 Å². The Labute approximate surface area is 138 Å². The molecule has 0 radical (unpaired) electrons. The van der Waals surface area contributed by atoms with E-state index in [1.54, 1.807) is 6.07 Å². The largest absolute Gasteiger partial charge is 0.310 e. The molecule has 1 atom stereocenters. The third-order valence-corrected chi connectivity index (χ3v) is 4.18. The van der Waals surface area contributed by atoms with Gasteiger partial charge in [0, 0.05) is 15.5 Å². The third-order valence-electron chi connectivity index (χ3n) is 3.36. The van der Waals surface area contributed by atoms with Crippen LogP contribution in [0.3, 0.4) is 0 Å². The first-order chi connectivity index (χ1) is 10.1. The van der Waals surface area contributed by atoms with E-state index in [2.05, 4.69) is 28.2 Å². The van der Waals surface area contributed by atoms with Crippen molar-refractivity contribution >= 4 is 27.5 Å². The molecule has 2 rings (SSSR count). The maximum Gasteiger partial charge on any atom is 0.126 e. The van der Waals surface area contributed by atoms with Crippen LogP contribution < -0.4 is 5.32 Å². The first kappa shape index (κ1) is 16.5. The fraction of sp³-hybridized carbons (Fsp3) is 0.294. The summed E-state index contributed by atoms with van der Waals surface area (Å²) >= 11 is 9.76. The lowest BCUT2D eigenvalue weighted by Gasteiger charge is -2.21. The summed E-state index contributed by atoms with van der Waals surface area (Å²) in [7, 11) is 0. The van der Waals surface area contributed by atoms with Crippen LogP contribution in [0.1, 0.15) is 30.5 Å². The van der Waals surface area contributed by atoms with Gasteiger partial charge < -0.3 is 5.32 Å². The molecule has 2 aromatic carbocycles. The molecule has 21 heavy (non-hydrogen) atoms. The summed E-state index contributed by atoms with van der Waals surface area (Å²) in [5, 5.41) is 4.14. The predicted octanol–water partition coefficient (Wildman–Crippen LogP) is 5.53. The number of benzene rings is 2. The maximum absolute atomic E-state index is 13.9. The first-order valence-corrected chi connectivity index (χ1v) is 8.20. The van der Waals surface area contributed by atoms with Crippen LogP contribution in [0.25, 0.3) is 0 Å². The van der Waals surface area contributed by atoms with Gasteiger partial charge in [-0.15, -0.1) is 0 Å². The second kappa shape index (κ2) is 7.92. The third kappa shape index (κ3) is 4.53. The number of hydrogen-bond acceptors (Lipinski definition) is 1. The molecule has 0 spiro atoms. The maximum atomic E-state index is 13.9. The van der Waals surface area contributed by atoms with Gasteiger partial charge in [0.25, 0.3) is 0 Å². The van der Waals surface area contributed by atoms with E-state index in [1.807, 2.05) is 30.3 Å². The molecule has 1 nitrogen and oxygen atoms in total. The number of hydrogen-bond donors (Lipinski definition) is 1. The molecule has 0 aliphatic heterocycles. The van der Waals surface area contributed by atoms with Crippen LogP contribution in [0.4, 0.5) is 4.39 Å². The van der Waals surface area contributed by atoms with Gasteiger partial charge in [-0.3, -0.25) is 0 Å². The van der Waals surface area contributed by atoms with E-state index >= 15 is 0 Å². The van der Waals surface area contributed by atoms with Crippen molar-refractivity contribution in [3.8, 4) is 0 Å². The Kier molecular flexibility index (Phi) is 6.22. The SMILES string of the molecule is CCCNC(Cc1ccccc1F)c1ccc(Br)cc1Cl. The van der Waals surface area contributed by atoms with E-state index in [9.17, 15) is 4.39 Å². The van der Waals surface area contributed by atoms with Crippen molar-refractivity contribution in [3.05, 3.63) is 68.9 Å². The molecule has 0 saturated carbocycles. The van der Waals surface area contributed by atoms with Gasteiger partial charge in [-0.25, -0.2) is 4.39 Å². The topological polar surface area (TPSA) is 12.0 Å². The van der Waals surface area contributed by atoms with E-state index in [0.717, 1.165) is 23.0 Å². The molecule has 0 aliphatic rings. The molecule has 0 saturated heterocycles. The minimum Gasteiger partial charge on any atom is -0.310 e. The van der Waals surface area contributed by atoms with Crippen molar-refractivity contribution in [1.82, 2.24) is 5.32 Å². The number of halogens is 3. The molecule has 4 heteroatoms. The van der Waals surface area contributed by atoms with Gasteiger partial charge in [0.1, 0.15) is 5.82 Å². The van der Waals surface area contributed by atoms with Gasteiger partial charge >= 0.3 is 0 Å². The second-order valence-corrected chi connectivity index (χ2v) is 6.29.